The van der Waals surface area contributed by atoms with Crippen LogP contribution in [0, 0.1) is 0 Å². The van der Waals surface area contributed by atoms with Gasteiger partial charge in [0.05, 0.1) is 0 Å². The van der Waals surface area contributed by atoms with E-state index in [-0.39, 0.29) is 12.4 Å². The zero-order valence-corrected chi connectivity index (χ0v) is 7.90. The maximum atomic E-state index is 3.30. The predicted molar refractivity (Wildman–Crippen MR) is 37.3 cm³/mol. The molecule has 1 fully saturated rings. The molecular weight excluding hydrogens is 169 g/mol. The number of rotatable bonds is 1. The minimum absolute atomic E-state index is 0. The fourth-order valence-electron chi connectivity index (χ4n) is 1.25. The topological polar surface area (TPSA) is 12.0 Å². The van der Waals surface area contributed by atoms with Crippen LogP contribution in [0.15, 0.2) is 0 Å². The number of hydrogen-bond acceptors (Lipinski definition) is 1. The molecule has 0 radical (unpaired) electrons. The van der Waals surface area contributed by atoms with Crippen molar-refractivity contribution in [3.63, 3.8) is 0 Å². The van der Waals surface area contributed by atoms with Gasteiger partial charge in [-0.05, 0) is 0 Å². The van der Waals surface area contributed by atoms with Crippen molar-refractivity contribution in [1.82, 2.24) is 3.80 Å². The molecule has 9 heavy (non-hydrogen) atoms. The van der Waals surface area contributed by atoms with Crippen molar-refractivity contribution in [3.8, 4) is 0 Å². The van der Waals surface area contributed by atoms with Gasteiger partial charge >= 0.3 is 62.6 Å². The monoisotopic (exact) mass is 182 g/mol. The molecule has 0 aromatic rings. The van der Waals surface area contributed by atoms with Gasteiger partial charge in [0.25, 0.3) is 0 Å². The summed E-state index contributed by atoms with van der Waals surface area (Å²) in [6, 6.07) is 0.837. The number of halogens is 1. The first kappa shape index (κ1) is 9.96. The predicted octanol–water partition coefficient (Wildman–Crippen LogP) is 1.79. The summed E-state index contributed by atoms with van der Waals surface area (Å²) in [7, 11) is 0. The SMILES string of the molecule is Cl.[Ti][NH]C1CCCCC1. The van der Waals surface area contributed by atoms with E-state index in [0.717, 1.165) is 6.04 Å². The molecule has 0 saturated heterocycles. The molecule has 0 aromatic carbocycles. The molecule has 1 aliphatic carbocycles. The van der Waals surface area contributed by atoms with E-state index >= 15 is 0 Å². The van der Waals surface area contributed by atoms with Crippen LogP contribution in [0.2, 0.25) is 0 Å². The van der Waals surface area contributed by atoms with Crippen LogP contribution in [0.5, 0.6) is 0 Å². The van der Waals surface area contributed by atoms with E-state index < -0.39 is 0 Å². The fourth-order valence-corrected chi connectivity index (χ4v) is 1.70. The van der Waals surface area contributed by atoms with Crippen molar-refractivity contribution in [1.29, 1.82) is 0 Å². The Labute approximate surface area is 75.1 Å². The van der Waals surface area contributed by atoms with Crippen molar-refractivity contribution < 1.29 is 20.7 Å². The summed E-state index contributed by atoms with van der Waals surface area (Å²) in [5, 5.41) is 0. The van der Waals surface area contributed by atoms with Crippen LogP contribution in [0.25, 0.3) is 0 Å². The zero-order chi connectivity index (χ0) is 5.82. The second-order valence-corrected chi connectivity index (χ2v) is 2.93. The van der Waals surface area contributed by atoms with Crippen molar-refractivity contribution in [2.24, 2.45) is 0 Å². The Kier molecular flexibility index (Phi) is 6.34. The van der Waals surface area contributed by atoms with Crippen molar-refractivity contribution in [2.75, 3.05) is 0 Å². The van der Waals surface area contributed by atoms with Crippen LogP contribution in [-0.2, 0) is 20.7 Å². The minimum atomic E-state index is 0. The van der Waals surface area contributed by atoms with Gasteiger partial charge in [-0.25, -0.2) is 0 Å². The van der Waals surface area contributed by atoms with Gasteiger partial charge in [0, 0.05) is 0 Å². The van der Waals surface area contributed by atoms with Gasteiger partial charge in [0.1, 0.15) is 0 Å². The third kappa shape index (κ3) is 3.62. The standard InChI is InChI=1S/C6H12N.ClH.Ti/c7-6-4-2-1-3-5-6;;/h6-7H,1-5H2;1H;/q-1;;+1. The molecule has 0 aliphatic heterocycles. The summed E-state index contributed by atoms with van der Waals surface area (Å²) in [6.45, 7) is 0. The van der Waals surface area contributed by atoms with E-state index in [9.17, 15) is 0 Å². The maximum absolute atomic E-state index is 3.30. The molecule has 1 aliphatic rings. The summed E-state index contributed by atoms with van der Waals surface area (Å²) in [5.74, 6) is 0. The molecule has 0 atom stereocenters. The Bertz CT molecular complexity index is 64.1. The third-order valence-electron chi connectivity index (χ3n) is 1.81. The first-order valence-corrected chi connectivity index (χ1v) is 4.14. The summed E-state index contributed by atoms with van der Waals surface area (Å²) >= 11 is 2.07. The van der Waals surface area contributed by atoms with Gasteiger partial charge in [0.15, 0.2) is 0 Å². The van der Waals surface area contributed by atoms with Crippen LogP contribution in [0.4, 0.5) is 0 Å². The van der Waals surface area contributed by atoms with Crippen LogP contribution >= 0.6 is 12.4 Å². The fraction of sp³-hybridized carbons (Fsp3) is 1.00. The first-order chi connectivity index (χ1) is 3.93. The molecule has 1 nitrogen and oxygen atoms in total. The number of hydrogen-bond donors (Lipinski definition) is 1. The average Bonchev–Trinajstić information content (AvgIpc) is 1.90. The molecule has 0 bridgehead atoms. The van der Waals surface area contributed by atoms with E-state index in [1.54, 1.807) is 0 Å². The molecule has 0 aromatic heterocycles. The van der Waals surface area contributed by atoms with Gasteiger partial charge < -0.3 is 0 Å². The Hall–Kier alpha value is 0.964. The Morgan fingerprint density at radius 3 is 2.00 bits per heavy atom. The third-order valence-corrected chi connectivity index (χ3v) is 2.45. The molecule has 1 saturated carbocycles. The molecule has 53 valence electrons. The van der Waals surface area contributed by atoms with Crippen LogP contribution in [-0.4, -0.2) is 6.04 Å². The quantitative estimate of drug-likeness (QED) is 0.610. The van der Waals surface area contributed by atoms with E-state index in [0.29, 0.717) is 0 Å². The second kappa shape index (κ2) is 5.73. The summed E-state index contributed by atoms with van der Waals surface area (Å²) in [6.07, 6.45) is 7.13. The Morgan fingerprint density at radius 2 is 1.67 bits per heavy atom. The first-order valence-electron chi connectivity index (χ1n) is 3.36. The zero-order valence-electron chi connectivity index (χ0n) is 5.52. The van der Waals surface area contributed by atoms with Crippen molar-refractivity contribution in [3.05, 3.63) is 0 Å². The summed E-state index contributed by atoms with van der Waals surface area (Å²) < 4.78 is 3.30. The van der Waals surface area contributed by atoms with E-state index in [1.165, 1.54) is 32.1 Å². The molecule has 1 rings (SSSR count). The summed E-state index contributed by atoms with van der Waals surface area (Å²) in [4.78, 5) is 0. The van der Waals surface area contributed by atoms with Crippen LogP contribution < -0.4 is 3.80 Å². The van der Waals surface area contributed by atoms with Crippen LogP contribution in [0.3, 0.4) is 0 Å². The van der Waals surface area contributed by atoms with Gasteiger partial charge in [-0.2, -0.15) is 0 Å². The Balaban J connectivity index is 0.000000640. The Morgan fingerprint density at radius 1 is 1.11 bits per heavy atom. The molecule has 1 N–H and O–H groups in total. The normalized spacial score (nSPS) is 20.8. The van der Waals surface area contributed by atoms with Crippen LogP contribution in [0.1, 0.15) is 32.1 Å². The van der Waals surface area contributed by atoms with Gasteiger partial charge in [-0.3, -0.25) is 0 Å². The average molecular weight is 182 g/mol. The molecule has 3 heteroatoms. The molecule has 0 spiro atoms. The molecule has 0 amide bonds. The summed E-state index contributed by atoms with van der Waals surface area (Å²) in [5.41, 5.74) is 0. The van der Waals surface area contributed by atoms with E-state index in [2.05, 4.69) is 24.5 Å². The second-order valence-electron chi connectivity index (χ2n) is 2.48. The van der Waals surface area contributed by atoms with Crippen molar-refractivity contribution >= 4 is 12.4 Å². The van der Waals surface area contributed by atoms with Crippen molar-refractivity contribution in [2.45, 2.75) is 38.1 Å². The van der Waals surface area contributed by atoms with Gasteiger partial charge in [-0.15, -0.1) is 12.4 Å². The molecular formula is C6H13ClNTi. The van der Waals surface area contributed by atoms with E-state index in [1.807, 2.05) is 0 Å². The van der Waals surface area contributed by atoms with E-state index in [4.69, 9.17) is 0 Å². The molecule has 0 heterocycles. The number of nitrogens with one attached hydrogen (secondary N) is 1. The molecule has 0 unspecified atom stereocenters. The van der Waals surface area contributed by atoms with Gasteiger partial charge in [-0.1, -0.05) is 0 Å². The van der Waals surface area contributed by atoms with Gasteiger partial charge in [0.2, 0.25) is 0 Å².